The summed E-state index contributed by atoms with van der Waals surface area (Å²) in [4.78, 5) is 13.8. The van der Waals surface area contributed by atoms with Crippen LogP contribution >= 0.6 is 11.3 Å². The normalized spacial score (nSPS) is 24.0. The number of allylic oxidation sites excluding steroid dienone is 1. The summed E-state index contributed by atoms with van der Waals surface area (Å²) in [6.07, 6.45) is 2.90. The number of rotatable bonds is 7. The van der Waals surface area contributed by atoms with Crippen molar-refractivity contribution in [1.29, 1.82) is 0 Å². The van der Waals surface area contributed by atoms with Gasteiger partial charge in [0.1, 0.15) is 0 Å². The van der Waals surface area contributed by atoms with Crippen molar-refractivity contribution in [3.05, 3.63) is 34.2 Å². The van der Waals surface area contributed by atoms with E-state index >= 15 is 0 Å². The summed E-state index contributed by atoms with van der Waals surface area (Å²) < 4.78 is 11.6. The lowest BCUT2D eigenvalue weighted by atomic mass is 9.81. The van der Waals surface area contributed by atoms with Crippen LogP contribution in [0.2, 0.25) is 0 Å². The van der Waals surface area contributed by atoms with Gasteiger partial charge in [-0.05, 0) is 48.2 Å². The maximum Gasteiger partial charge on any atom is 0.288 e. The molecule has 0 aromatic carbocycles. The number of nitrogens with zero attached hydrogens (tertiary/aromatic N) is 1. The number of likely N-dealkylation sites (N-methyl/N-ethyl adjacent to an activating group) is 1. The highest BCUT2D eigenvalue weighted by Gasteiger charge is 2.38. The fourth-order valence-corrected chi connectivity index (χ4v) is 3.53. The Balaban J connectivity index is 2.35. The molecule has 1 N–H and O–H groups in total. The van der Waals surface area contributed by atoms with E-state index in [0.29, 0.717) is 18.8 Å². The van der Waals surface area contributed by atoms with Crippen molar-refractivity contribution in [3.63, 3.8) is 0 Å². The van der Waals surface area contributed by atoms with Gasteiger partial charge in [0.2, 0.25) is 6.29 Å². The average molecular weight is 339 g/mol. The lowest BCUT2D eigenvalue weighted by molar-refractivity contribution is -0.169. The van der Waals surface area contributed by atoms with Gasteiger partial charge in [0.25, 0.3) is 5.91 Å². The van der Waals surface area contributed by atoms with E-state index in [1.165, 1.54) is 4.90 Å². The van der Waals surface area contributed by atoms with Gasteiger partial charge in [-0.1, -0.05) is 0 Å². The highest BCUT2D eigenvalue weighted by Crippen LogP contribution is 2.40. The average Bonchev–Trinajstić information content (AvgIpc) is 3.06. The summed E-state index contributed by atoms with van der Waals surface area (Å²) in [5, 5.41) is 13.3. The monoisotopic (exact) mass is 339 g/mol. The number of amides is 1. The van der Waals surface area contributed by atoms with Crippen molar-refractivity contribution in [2.75, 3.05) is 27.3 Å². The number of carbonyl (C=O) groups excluding carboxylic acids is 1. The molecule has 1 aliphatic rings. The van der Waals surface area contributed by atoms with Crippen molar-refractivity contribution in [3.8, 4) is 0 Å². The number of aliphatic hydroxyl groups is 1. The lowest BCUT2D eigenvalue weighted by Gasteiger charge is -2.37. The van der Waals surface area contributed by atoms with E-state index < -0.39 is 6.29 Å². The van der Waals surface area contributed by atoms with Gasteiger partial charge in [0.15, 0.2) is 5.76 Å². The largest absolute Gasteiger partial charge is 0.459 e. The van der Waals surface area contributed by atoms with Gasteiger partial charge in [-0.2, -0.15) is 11.3 Å². The van der Waals surface area contributed by atoms with Crippen molar-refractivity contribution < 1.29 is 19.4 Å². The Morgan fingerprint density at radius 2 is 2.26 bits per heavy atom. The molecular weight excluding hydrogens is 314 g/mol. The molecule has 0 fully saturated rings. The van der Waals surface area contributed by atoms with Crippen LogP contribution < -0.4 is 0 Å². The van der Waals surface area contributed by atoms with E-state index in [1.807, 2.05) is 18.4 Å². The van der Waals surface area contributed by atoms with Crippen molar-refractivity contribution in [1.82, 2.24) is 4.90 Å². The molecule has 0 radical (unpaired) electrons. The molecule has 0 saturated carbocycles. The van der Waals surface area contributed by atoms with Crippen LogP contribution in [-0.4, -0.2) is 49.5 Å². The minimum absolute atomic E-state index is 0.0528. The Bertz CT molecular complexity index is 527. The Morgan fingerprint density at radius 3 is 2.83 bits per heavy atom. The standard InChI is InChI=1S/C17H25NO4S/c1-4-21-17-13(6-5-8-19)14(12-7-9-23-11-12)10-15(22-17)16(20)18(2)3/h7,9-11,13-14,17,19H,4-6,8H2,1-3H3/t13-,14-,17-/m0/s1. The molecule has 128 valence electrons. The van der Waals surface area contributed by atoms with Crippen molar-refractivity contribution in [2.24, 2.45) is 5.92 Å². The highest BCUT2D eigenvalue weighted by molar-refractivity contribution is 7.08. The first-order valence-corrected chi connectivity index (χ1v) is 8.87. The molecule has 0 saturated heterocycles. The summed E-state index contributed by atoms with van der Waals surface area (Å²) in [5.41, 5.74) is 1.16. The number of carbonyl (C=O) groups is 1. The SMILES string of the molecule is CCO[C@H]1OC(C(=O)N(C)C)=C[C@@H](c2ccsc2)[C@@H]1CCCO. The first-order valence-electron chi connectivity index (χ1n) is 7.93. The fourth-order valence-electron chi connectivity index (χ4n) is 2.82. The van der Waals surface area contributed by atoms with E-state index in [9.17, 15) is 9.90 Å². The van der Waals surface area contributed by atoms with E-state index in [0.717, 1.165) is 12.0 Å². The smallest absolute Gasteiger partial charge is 0.288 e. The molecule has 0 bridgehead atoms. The number of hydrogen-bond acceptors (Lipinski definition) is 5. The highest BCUT2D eigenvalue weighted by atomic mass is 32.1. The Hall–Kier alpha value is -1.37. The van der Waals surface area contributed by atoms with Crippen LogP contribution in [-0.2, 0) is 14.3 Å². The molecule has 0 spiro atoms. The molecule has 0 aliphatic carbocycles. The number of aliphatic hydroxyl groups excluding tert-OH is 1. The molecule has 23 heavy (non-hydrogen) atoms. The lowest BCUT2D eigenvalue weighted by Crippen LogP contribution is -2.38. The molecule has 2 rings (SSSR count). The fraction of sp³-hybridized carbons (Fsp3) is 0.588. The van der Waals surface area contributed by atoms with Gasteiger partial charge in [0, 0.05) is 39.1 Å². The topological polar surface area (TPSA) is 59.0 Å². The second-order valence-corrected chi connectivity index (χ2v) is 6.56. The number of ether oxygens (including phenoxy) is 2. The van der Waals surface area contributed by atoms with Crippen LogP contribution in [0.5, 0.6) is 0 Å². The predicted octanol–water partition coefficient (Wildman–Crippen LogP) is 2.59. The van der Waals surface area contributed by atoms with E-state index in [2.05, 4.69) is 11.4 Å². The first-order chi connectivity index (χ1) is 11.1. The molecule has 5 nitrogen and oxygen atoms in total. The Labute approximate surface area is 141 Å². The van der Waals surface area contributed by atoms with E-state index in [1.54, 1.807) is 25.4 Å². The zero-order chi connectivity index (χ0) is 16.8. The second-order valence-electron chi connectivity index (χ2n) is 5.78. The predicted molar refractivity (Wildman–Crippen MR) is 90.1 cm³/mol. The minimum Gasteiger partial charge on any atom is -0.459 e. The van der Waals surface area contributed by atoms with Crippen LogP contribution in [0.3, 0.4) is 0 Å². The summed E-state index contributed by atoms with van der Waals surface area (Å²) in [7, 11) is 3.42. The second kappa shape index (κ2) is 8.47. The third-order valence-electron chi connectivity index (χ3n) is 3.96. The number of thiophene rings is 1. The maximum absolute atomic E-state index is 12.3. The van der Waals surface area contributed by atoms with Crippen LogP contribution in [0.25, 0.3) is 0 Å². The molecule has 0 unspecified atom stereocenters. The third-order valence-corrected chi connectivity index (χ3v) is 4.66. The minimum atomic E-state index is -0.472. The third kappa shape index (κ3) is 4.34. The first kappa shape index (κ1) is 18.0. The van der Waals surface area contributed by atoms with Crippen LogP contribution in [0, 0.1) is 5.92 Å². The van der Waals surface area contributed by atoms with E-state index in [4.69, 9.17) is 9.47 Å². The zero-order valence-corrected chi connectivity index (χ0v) is 14.7. The molecule has 1 aromatic rings. The molecule has 3 atom stereocenters. The van der Waals surface area contributed by atoms with Crippen LogP contribution in [0.1, 0.15) is 31.2 Å². The van der Waals surface area contributed by atoms with Gasteiger partial charge >= 0.3 is 0 Å². The van der Waals surface area contributed by atoms with Gasteiger partial charge in [-0.3, -0.25) is 4.79 Å². The molecule has 1 aromatic heterocycles. The molecular formula is C17H25NO4S. The van der Waals surface area contributed by atoms with Gasteiger partial charge in [-0.15, -0.1) is 0 Å². The van der Waals surface area contributed by atoms with Crippen molar-refractivity contribution in [2.45, 2.75) is 32.0 Å². The van der Waals surface area contributed by atoms with Crippen LogP contribution in [0.4, 0.5) is 0 Å². The molecule has 1 aliphatic heterocycles. The van der Waals surface area contributed by atoms with E-state index in [-0.39, 0.29) is 24.3 Å². The van der Waals surface area contributed by atoms with Gasteiger partial charge in [-0.25, -0.2) is 0 Å². The quantitative estimate of drug-likeness (QED) is 0.829. The number of hydrogen-bond donors (Lipinski definition) is 1. The van der Waals surface area contributed by atoms with Crippen LogP contribution in [0.15, 0.2) is 28.7 Å². The van der Waals surface area contributed by atoms with Crippen molar-refractivity contribution >= 4 is 17.2 Å². The Morgan fingerprint density at radius 1 is 1.48 bits per heavy atom. The molecule has 2 heterocycles. The summed E-state index contributed by atoms with van der Waals surface area (Å²) in [6.45, 7) is 2.57. The van der Waals surface area contributed by atoms with Gasteiger partial charge < -0.3 is 19.5 Å². The Kier molecular flexibility index (Phi) is 6.62. The summed E-state index contributed by atoms with van der Waals surface area (Å²) in [6, 6.07) is 2.07. The zero-order valence-electron chi connectivity index (χ0n) is 13.9. The maximum atomic E-state index is 12.3. The summed E-state index contributed by atoms with van der Waals surface area (Å²) in [5.74, 6) is 0.313. The van der Waals surface area contributed by atoms with Gasteiger partial charge in [0.05, 0.1) is 0 Å². The summed E-state index contributed by atoms with van der Waals surface area (Å²) >= 11 is 1.63. The molecule has 6 heteroatoms. The molecule has 1 amide bonds.